The summed E-state index contributed by atoms with van der Waals surface area (Å²) in [6.07, 6.45) is 6.53. The van der Waals surface area contributed by atoms with Crippen molar-refractivity contribution >= 4 is 40.2 Å². The summed E-state index contributed by atoms with van der Waals surface area (Å²) in [5.41, 5.74) is 7.12. The zero-order valence-corrected chi connectivity index (χ0v) is 26.5. The van der Waals surface area contributed by atoms with Gasteiger partial charge in [-0.05, 0) is 78.1 Å². The Balaban J connectivity index is 1.21. The van der Waals surface area contributed by atoms with Gasteiger partial charge in [0.25, 0.3) is 0 Å². The Hall–Kier alpha value is -3.61. The molecule has 0 amide bonds. The van der Waals surface area contributed by atoms with Crippen molar-refractivity contribution in [1.82, 2.24) is 14.9 Å². The summed E-state index contributed by atoms with van der Waals surface area (Å²) < 4.78 is 6.20. The summed E-state index contributed by atoms with van der Waals surface area (Å²) in [6.45, 7) is 15.7. The van der Waals surface area contributed by atoms with Gasteiger partial charge in [-0.15, -0.1) is 0 Å². The molecule has 224 valence electrons. The molecule has 6 nitrogen and oxygen atoms in total. The van der Waals surface area contributed by atoms with Gasteiger partial charge in [-0.1, -0.05) is 57.0 Å². The predicted molar refractivity (Wildman–Crippen MR) is 176 cm³/mol. The van der Waals surface area contributed by atoms with E-state index in [4.69, 9.17) is 16.3 Å². The van der Waals surface area contributed by atoms with Crippen molar-refractivity contribution in [2.45, 2.75) is 53.5 Å². The number of hydrogen-bond donors (Lipinski definition) is 1. The van der Waals surface area contributed by atoms with Crippen molar-refractivity contribution in [1.29, 1.82) is 0 Å². The number of nitrogens with zero attached hydrogens (tertiary/aromatic N) is 3. The van der Waals surface area contributed by atoms with Crippen LogP contribution in [0.3, 0.4) is 0 Å². The van der Waals surface area contributed by atoms with E-state index in [1.807, 2.05) is 48.7 Å². The van der Waals surface area contributed by atoms with Gasteiger partial charge in [-0.2, -0.15) is 0 Å². The maximum Gasteiger partial charge on any atom is 0.153 e. The monoisotopic (exact) mass is 596 g/mol. The van der Waals surface area contributed by atoms with Crippen LogP contribution in [0.25, 0.3) is 16.6 Å². The van der Waals surface area contributed by atoms with E-state index < -0.39 is 0 Å². The van der Waals surface area contributed by atoms with Crippen molar-refractivity contribution in [2.24, 2.45) is 10.8 Å². The number of H-pyrrole nitrogens is 1. The van der Waals surface area contributed by atoms with Gasteiger partial charge in [0.2, 0.25) is 0 Å². The highest BCUT2D eigenvalue weighted by Gasteiger charge is 2.43. The molecule has 0 spiro atoms. The number of benzene rings is 2. The number of ether oxygens (including phenoxy) is 1. The summed E-state index contributed by atoms with van der Waals surface area (Å²) in [5, 5.41) is 1.74. The molecule has 1 fully saturated rings. The van der Waals surface area contributed by atoms with Crippen molar-refractivity contribution in [3.8, 4) is 11.5 Å². The zero-order valence-electron chi connectivity index (χ0n) is 25.8. The molecule has 0 saturated carbocycles. The Morgan fingerprint density at radius 2 is 1.79 bits per heavy atom. The lowest BCUT2D eigenvalue weighted by atomic mass is 9.57. The molecule has 6 rings (SSSR count). The number of carbonyl (C=O) groups excluding carboxylic acids is 1. The van der Waals surface area contributed by atoms with E-state index in [-0.39, 0.29) is 10.8 Å². The predicted octanol–water partition coefficient (Wildman–Crippen LogP) is 8.63. The van der Waals surface area contributed by atoms with Crippen LogP contribution in [0.1, 0.15) is 63.4 Å². The second-order valence-electron chi connectivity index (χ2n) is 13.5. The highest BCUT2D eigenvalue weighted by atomic mass is 35.5. The Morgan fingerprint density at radius 1 is 1.02 bits per heavy atom. The van der Waals surface area contributed by atoms with E-state index in [1.54, 1.807) is 11.8 Å². The Labute approximate surface area is 259 Å². The van der Waals surface area contributed by atoms with Crippen LogP contribution in [-0.4, -0.2) is 53.4 Å². The third-order valence-electron chi connectivity index (χ3n) is 9.98. The van der Waals surface area contributed by atoms with Crippen LogP contribution >= 0.6 is 11.6 Å². The summed E-state index contributed by atoms with van der Waals surface area (Å²) in [6, 6.07) is 18.5. The molecule has 1 saturated heterocycles. The number of carbonyl (C=O) groups is 1. The molecule has 1 atom stereocenters. The smallest absolute Gasteiger partial charge is 0.153 e. The number of fused-ring (bicyclic) bond motifs is 1. The summed E-state index contributed by atoms with van der Waals surface area (Å²) >= 11 is 6.25. The Kier molecular flexibility index (Phi) is 7.86. The first-order chi connectivity index (χ1) is 20.5. The van der Waals surface area contributed by atoms with E-state index in [0.717, 1.165) is 67.1 Å². The first kappa shape index (κ1) is 29.5. The fourth-order valence-corrected chi connectivity index (χ4v) is 6.64. The zero-order chi connectivity index (χ0) is 30.4. The van der Waals surface area contributed by atoms with Crippen LogP contribution < -0.4 is 9.64 Å². The van der Waals surface area contributed by atoms with Crippen molar-refractivity contribution in [3.63, 3.8) is 0 Å². The molecule has 0 unspecified atom stereocenters. The number of piperazine rings is 1. The minimum Gasteiger partial charge on any atom is -0.455 e. The number of aldehydes is 1. The topological polar surface area (TPSA) is 61.5 Å². The lowest BCUT2D eigenvalue weighted by molar-refractivity contribution is 0.0991. The lowest BCUT2D eigenvalue weighted by Crippen LogP contribution is -2.53. The van der Waals surface area contributed by atoms with Gasteiger partial charge in [0, 0.05) is 60.6 Å². The van der Waals surface area contributed by atoms with Gasteiger partial charge in [0.1, 0.15) is 17.1 Å². The fourth-order valence-electron chi connectivity index (χ4n) is 6.51. The molecule has 2 aromatic carbocycles. The number of aromatic nitrogens is 2. The molecule has 43 heavy (non-hydrogen) atoms. The highest BCUT2D eigenvalue weighted by molar-refractivity contribution is 6.30. The molecule has 2 aromatic heterocycles. The number of anilines is 1. The van der Waals surface area contributed by atoms with Crippen LogP contribution in [-0.2, 0) is 0 Å². The second kappa shape index (κ2) is 11.5. The largest absolute Gasteiger partial charge is 0.455 e. The number of halogens is 1. The molecule has 2 aliphatic rings. The standard InChI is InChI=1S/C36H41ClN4O2/c1-24-21-41(30-11-8-27(23-42)33(17-30)43-31-16-26-12-13-38-34(26)39-20-31)15-14-40(24)22-28-18-35(2,3)36(4,5)19-32(28)25-6-9-29(37)10-7-25/h6-13,16-17,20,23-24H,14-15,18-19,21-22H2,1-5H3,(H,38,39)/t24-/m1/s1. The Bertz CT molecular complexity index is 1670. The number of allylic oxidation sites excluding steroid dienone is 1. The maximum absolute atomic E-state index is 11.9. The van der Waals surface area contributed by atoms with Gasteiger partial charge >= 0.3 is 0 Å². The second-order valence-corrected chi connectivity index (χ2v) is 13.9. The van der Waals surface area contributed by atoms with E-state index in [9.17, 15) is 4.79 Å². The molecule has 4 aromatic rings. The molecule has 0 radical (unpaired) electrons. The van der Waals surface area contributed by atoms with Gasteiger partial charge in [-0.25, -0.2) is 4.98 Å². The van der Waals surface area contributed by atoms with Crippen molar-refractivity contribution in [3.05, 3.63) is 88.7 Å². The third kappa shape index (κ3) is 5.96. The molecule has 1 N–H and O–H groups in total. The van der Waals surface area contributed by atoms with Crippen LogP contribution in [0.4, 0.5) is 5.69 Å². The molecule has 0 bridgehead atoms. The summed E-state index contributed by atoms with van der Waals surface area (Å²) in [7, 11) is 0. The first-order valence-corrected chi connectivity index (χ1v) is 15.6. The third-order valence-corrected chi connectivity index (χ3v) is 10.2. The van der Waals surface area contributed by atoms with Gasteiger partial charge in [-0.3, -0.25) is 9.69 Å². The quantitative estimate of drug-likeness (QED) is 0.216. The highest BCUT2D eigenvalue weighted by Crippen LogP contribution is 2.54. The van der Waals surface area contributed by atoms with Crippen LogP contribution in [0, 0.1) is 10.8 Å². The van der Waals surface area contributed by atoms with E-state index in [0.29, 0.717) is 23.1 Å². The number of aromatic amines is 1. The van der Waals surface area contributed by atoms with Crippen LogP contribution in [0.2, 0.25) is 5.02 Å². The average Bonchev–Trinajstić information content (AvgIpc) is 3.44. The molecule has 7 heteroatoms. The van der Waals surface area contributed by atoms with Gasteiger partial charge in [0.15, 0.2) is 6.29 Å². The SMILES string of the molecule is C[C@@H]1CN(c2ccc(C=O)c(Oc3cnc4[nH]ccc4c3)c2)CCN1CC1=C(c2ccc(Cl)cc2)CC(C)(C)C(C)(C)C1. The number of rotatable bonds is 7. The van der Waals surface area contributed by atoms with Crippen LogP contribution in [0.15, 0.2) is 72.6 Å². The van der Waals surface area contributed by atoms with Crippen LogP contribution in [0.5, 0.6) is 11.5 Å². The minimum absolute atomic E-state index is 0.201. The molecular formula is C36H41ClN4O2. The van der Waals surface area contributed by atoms with E-state index in [2.05, 4.69) is 66.5 Å². The average molecular weight is 597 g/mol. The number of nitrogens with one attached hydrogen (secondary N) is 1. The van der Waals surface area contributed by atoms with Crippen molar-refractivity contribution in [2.75, 3.05) is 31.1 Å². The minimum atomic E-state index is 0.201. The number of hydrogen-bond acceptors (Lipinski definition) is 5. The number of pyridine rings is 1. The fraction of sp³-hybridized carbons (Fsp3) is 0.389. The normalized spacial score (nSPS) is 20.4. The van der Waals surface area contributed by atoms with Gasteiger partial charge < -0.3 is 14.6 Å². The van der Waals surface area contributed by atoms with Gasteiger partial charge in [0.05, 0.1) is 11.8 Å². The van der Waals surface area contributed by atoms with E-state index >= 15 is 0 Å². The molecular weight excluding hydrogens is 556 g/mol. The summed E-state index contributed by atoms with van der Waals surface area (Å²) in [4.78, 5) is 24.4. The first-order valence-electron chi connectivity index (χ1n) is 15.2. The lowest BCUT2D eigenvalue weighted by Gasteiger charge is -2.49. The molecule has 1 aliphatic carbocycles. The maximum atomic E-state index is 11.9. The molecule has 1 aliphatic heterocycles. The van der Waals surface area contributed by atoms with E-state index in [1.165, 1.54) is 11.1 Å². The Morgan fingerprint density at radius 3 is 2.53 bits per heavy atom. The molecule has 3 heterocycles. The van der Waals surface area contributed by atoms with Crippen molar-refractivity contribution < 1.29 is 9.53 Å². The summed E-state index contributed by atoms with van der Waals surface area (Å²) in [5.74, 6) is 1.15.